The Hall–Kier alpha value is -3.54. The minimum absolute atomic E-state index is 0.125. The van der Waals surface area contributed by atoms with Gasteiger partial charge in [0.25, 0.3) is 0 Å². The van der Waals surface area contributed by atoms with E-state index in [9.17, 15) is 14.4 Å². The Labute approximate surface area is 270 Å². The van der Waals surface area contributed by atoms with E-state index in [4.69, 9.17) is 37.4 Å². The zero-order valence-corrected chi connectivity index (χ0v) is 27.0. The van der Waals surface area contributed by atoms with Crippen LogP contribution >= 0.6 is 35.0 Å². The van der Waals surface area contributed by atoms with Crippen LogP contribution in [-0.4, -0.2) is 78.9 Å². The average Bonchev–Trinajstić information content (AvgIpc) is 3.43. The third-order valence-corrected chi connectivity index (χ3v) is 8.94. The Morgan fingerprint density at radius 3 is 2.41 bits per heavy atom. The fourth-order valence-corrected chi connectivity index (χ4v) is 6.09. The van der Waals surface area contributed by atoms with Gasteiger partial charge < -0.3 is 24.4 Å². The van der Waals surface area contributed by atoms with E-state index in [-0.39, 0.29) is 35.9 Å². The second-order valence-corrected chi connectivity index (χ2v) is 12.0. The minimum atomic E-state index is -0.578. The molecule has 0 bridgehead atoms. The van der Waals surface area contributed by atoms with Gasteiger partial charge >= 0.3 is 5.97 Å². The molecule has 1 fully saturated rings. The van der Waals surface area contributed by atoms with Gasteiger partial charge in [-0.1, -0.05) is 47.1 Å². The summed E-state index contributed by atoms with van der Waals surface area (Å²) < 4.78 is 15.3. The summed E-state index contributed by atoms with van der Waals surface area (Å²) >= 11 is 13.5. The second-order valence-electron chi connectivity index (χ2n) is 10.3. The van der Waals surface area contributed by atoms with Crippen LogP contribution in [-0.2, 0) is 25.5 Å². The van der Waals surface area contributed by atoms with Gasteiger partial charge in [-0.2, -0.15) is 0 Å². The lowest BCUT2D eigenvalue weighted by atomic mass is 9.96. The number of nitrogens with zero attached hydrogens (tertiary/aromatic N) is 3. The minimum Gasteiger partial charge on any atom is -0.493 e. The van der Waals surface area contributed by atoms with Crippen molar-refractivity contribution in [3.63, 3.8) is 0 Å². The van der Waals surface area contributed by atoms with Gasteiger partial charge in [-0.15, -0.1) is 0 Å². The Morgan fingerprint density at radius 1 is 0.977 bits per heavy atom. The molecule has 1 N–H and O–H groups in total. The van der Waals surface area contributed by atoms with Crippen LogP contribution in [0, 0.1) is 5.92 Å². The zero-order chi connectivity index (χ0) is 31.6. The number of hydrogen-bond acceptors (Lipinski definition) is 9. The van der Waals surface area contributed by atoms with Gasteiger partial charge in [0.1, 0.15) is 6.42 Å². The third kappa shape index (κ3) is 8.99. The summed E-state index contributed by atoms with van der Waals surface area (Å²) in [7, 11) is 4.42. The Balaban J connectivity index is 1.28. The van der Waals surface area contributed by atoms with E-state index in [1.165, 1.54) is 18.9 Å². The van der Waals surface area contributed by atoms with Crippen molar-refractivity contribution < 1.29 is 28.6 Å². The lowest BCUT2D eigenvalue weighted by molar-refractivity contribution is -0.147. The standard InChI is InChI=1S/C31H34Cl2N4O6S/c1-41-26-7-5-21(13-27(26)42-2)22-15-35-31(36-16-22)44-18-28(38)34-9-8-23-11-20(10-19-4-6-24(32)25(33)12-19)17-37(23)29(39)14-30(40)43-3/h4-7,12-13,15-16,20,23H,8-11,14,17-18H2,1-3H3,(H,34,38)/t20-,23-/m1/s1. The number of esters is 1. The predicted molar refractivity (Wildman–Crippen MR) is 169 cm³/mol. The summed E-state index contributed by atoms with van der Waals surface area (Å²) in [5.41, 5.74) is 2.71. The topological polar surface area (TPSA) is 120 Å². The number of aromatic nitrogens is 2. The van der Waals surface area contributed by atoms with Crippen molar-refractivity contribution in [3.05, 3.63) is 64.4 Å². The maximum absolute atomic E-state index is 12.9. The van der Waals surface area contributed by atoms with E-state index >= 15 is 0 Å². The summed E-state index contributed by atoms with van der Waals surface area (Å²) in [5.74, 6) is 0.526. The number of ether oxygens (including phenoxy) is 3. The van der Waals surface area contributed by atoms with Crippen LogP contribution < -0.4 is 14.8 Å². The van der Waals surface area contributed by atoms with Crippen molar-refractivity contribution >= 4 is 52.7 Å². The maximum Gasteiger partial charge on any atom is 0.315 e. The molecule has 2 heterocycles. The molecule has 3 aromatic rings. The number of carbonyl (C=O) groups excluding carboxylic acids is 3. The van der Waals surface area contributed by atoms with Crippen LogP contribution in [0.15, 0.2) is 53.9 Å². The molecule has 2 aromatic carbocycles. The summed E-state index contributed by atoms with van der Waals surface area (Å²) in [6.07, 6.45) is 5.07. The first-order valence-electron chi connectivity index (χ1n) is 13.9. The number of rotatable bonds is 13. The molecule has 4 rings (SSSR count). The summed E-state index contributed by atoms with van der Waals surface area (Å²) in [6.45, 7) is 0.881. The van der Waals surface area contributed by atoms with E-state index in [0.717, 1.165) is 23.1 Å². The van der Waals surface area contributed by atoms with Gasteiger partial charge in [0.2, 0.25) is 11.8 Å². The molecule has 1 aliphatic rings. The first-order chi connectivity index (χ1) is 21.2. The molecule has 0 unspecified atom stereocenters. The summed E-state index contributed by atoms with van der Waals surface area (Å²) in [4.78, 5) is 47.8. The molecule has 44 heavy (non-hydrogen) atoms. The van der Waals surface area contributed by atoms with Crippen molar-refractivity contribution in [3.8, 4) is 22.6 Å². The normalized spacial score (nSPS) is 16.0. The molecule has 2 atom stereocenters. The smallest absolute Gasteiger partial charge is 0.315 e. The van der Waals surface area contributed by atoms with Gasteiger partial charge in [-0.25, -0.2) is 9.97 Å². The molecule has 234 valence electrons. The van der Waals surface area contributed by atoms with E-state index in [1.807, 2.05) is 30.3 Å². The predicted octanol–water partition coefficient (Wildman–Crippen LogP) is 5.09. The van der Waals surface area contributed by atoms with Crippen molar-refractivity contribution in [2.24, 2.45) is 5.92 Å². The molecule has 1 aliphatic heterocycles. The van der Waals surface area contributed by atoms with Crippen molar-refractivity contribution in [2.75, 3.05) is 40.2 Å². The van der Waals surface area contributed by atoms with Crippen LogP contribution in [0.4, 0.5) is 0 Å². The molecule has 0 saturated carbocycles. The first kappa shape index (κ1) is 33.4. The molecule has 0 aliphatic carbocycles. The lowest BCUT2D eigenvalue weighted by Gasteiger charge is -2.24. The molecule has 10 nitrogen and oxygen atoms in total. The van der Waals surface area contributed by atoms with Gasteiger partial charge in [0, 0.05) is 37.1 Å². The van der Waals surface area contributed by atoms with Crippen LogP contribution in [0.1, 0.15) is 24.8 Å². The highest BCUT2D eigenvalue weighted by Gasteiger charge is 2.35. The monoisotopic (exact) mass is 660 g/mol. The SMILES string of the molecule is COC(=O)CC(=O)N1C[C@H](Cc2ccc(Cl)c(Cl)c2)C[C@H]1CCNC(=O)CSc1ncc(-c2ccc(OC)c(OC)c2)cn1. The van der Waals surface area contributed by atoms with Crippen LogP contribution in [0.25, 0.3) is 11.1 Å². The fraction of sp³-hybridized carbons (Fsp3) is 0.387. The van der Waals surface area contributed by atoms with Crippen molar-refractivity contribution in [1.82, 2.24) is 20.2 Å². The Kier molecular flexibility index (Phi) is 12.1. The molecular formula is C31H34Cl2N4O6S. The van der Waals surface area contributed by atoms with E-state index in [0.29, 0.717) is 52.6 Å². The van der Waals surface area contributed by atoms with Gasteiger partial charge in [-0.05, 0) is 60.6 Å². The zero-order valence-electron chi connectivity index (χ0n) is 24.7. The van der Waals surface area contributed by atoms with Crippen LogP contribution in [0.5, 0.6) is 11.5 Å². The number of benzene rings is 2. The van der Waals surface area contributed by atoms with Crippen molar-refractivity contribution in [1.29, 1.82) is 0 Å². The molecular weight excluding hydrogens is 627 g/mol. The van der Waals surface area contributed by atoms with Crippen molar-refractivity contribution in [2.45, 2.75) is 36.9 Å². The largest absolute Gasteiger partial charge is 0.493 e. The molecule has 0 radical (unpaired) electrons. The average molecular weight is 662 g/mol. The van der Waals surface area contributed by atoms with Gasteiger partial charge in [-0.3, -0.25) is 14.4 Å². The fourth-order valence-electron chi connectivity index (χ4n) is 5.15. The second kappa shape index (κ2) is 16.0. The van der Waals surface area contributed by atoms with Crippen LogP contribution in [0.2, 0.25) is 10.0 Å². The molecule has 2 amide bonds. The first-order valence-corrected chi connectivity index (χ1v) is 15.7. The van der Waals surface area contributed by atoms with E-state index < -0.39 is 5.97 Å². The quantitative estimate of drug-likeness (QED) is 0.116. The molecule has 0 spiro atoms. The Morgan fingerprint density at radius 2 is 1.73 bits per heavy atom. The number of nitrogens with one attached hydrogen (secondary N) is 1. The van der Waals surface area contributed by atoms with Gasteiger partial charge in [0.05, 0.1) is 37.1 Å². The van der Waals surface area contributed by atoms with Crippen LogP contribution in [0.3, 0.4) is 0 Å². The molecule has 13 heteroatoms. The summed E-state index contributed by atoms with van der Waals surface area (Å²) in [6, 6.07) is 11.0. The number of likely N-dealkylation sites (tertiary alicyclic amines) is 1. The number of amides is 2. The number of hydrogen-bond donors (Lipinski definition) is 1. The third-order valence-electron chi connectivity index (χ3n) is 7.33. The van der Waals surface area contributed by atoms with Gasteiger partial charge in [0.15, 0.2) is 16.7 Å². The van der Waals surface area contributed by atoms with E-state index in [2.05, 4.69) is 15.3 Å². The highest BCUT2D eigenvalue weighted by Crippen LogP contribution is 2.33. The summed E-state index contributed by atoms with van der Waals surface area (Å²) in [5, 5.41) is 4.38. The number of thioether (sulfide) groups is 1. The lowest BCUT2D eigenvalue weighted by Crippen LogP contribution is -2.39. The molecule has 1 aromatic heterocycles. The number of halogens is 2. The van der Waals surface area contributed by atoms with E-state index in [1.54, 1.807) is 37.6 Å². The molecule has 1 saturated heterocycles. The number of carbonyl (C=O) groups is 3. The highest BCUT2D eigenvalue weighted by atomic mass is 35.5. The highest BCUT2D eigenvalue weighted by molar-refractivity contribution is 7.99. The maximum atomic E-state index is 12.9. The number of methoxy groups -OCH3 is 3. The Bertz CT molecular complexity index is 1480.